The van der Waals surface area contributed by atoms with Gasteiger partial charge in [-0.15, -0.1) is 24.0 Å². The van der Waals surface area contributed by atoms with E-state index in [1.807, 2.05) is 42.5 Å². The highest BCUT2D eigenvalue weighted by molar-refractivity contribution is 14.0. The Balaban J connectivity index is 0.00000220. The fourth-order valence-electron chi connectivity index (χ4n) is 1.73. The van der Waals surface area contributed by atoms with Crippen molar-refractivity contribution in [1.82, 2.24) is 4.98 Å². The first-order valence-corrected chi connectivity index (χ1v) is 6.39. The quantitative estimate of drug-likeness (QED) is 0.462. The number of hydrogen-bond acceptors (Lipinski definition) is 3. The van der Waals surface area contributed by atoms with Crippen LogP contribution in [0.5, 0.6) is 5.75 Å². The molecule has 6 heteroatoms. The summed E-state index contributed by atoms with van der Waals surface area (Å²) in [7, 11) is 1.63. The number of nitrogens with zero attached hydrogens (tertiary/aromatic N) is 2. The smallest absolute Gasteiger partial charge is 0.193 e. The molecule has 0 radical (unpaired) electrons. The number of anilines is 1. The second-order valence-corrected chi connectivity index (χ2v) is 4.19. The first-order valence-electron chi connectivity index (χ1n) is 6.39. The van der Waals surface area contributed by atoms with Gasteiger partial charge in [-0.1, -0.05) is 12.1 Å². The normalized spacial score (nSPS) is 10.6. The van der Waals surface area contributed by atoms with E-state index in [1.165, 1.54) is 0 Å². The molecule has 0 saturated carbocycles. The lowest BCUT2D eigenvalue weighted by Gasteiger charge is -2.07. The van der Waals surface area contributed by atoms with Crippen LogP contribution in [0.2, 0.25) is 0 Å². The van der Waals surface area contributed by atoms with Gasteiger partial charge in [-0.2, -0.15) is 0 Å². The molecule has 0 spiro atoms. The van der Waals surface area contributed by atoms with E-state index >= 15 is 0 Å². The van der Waals surface area contributed by atoms with E-state index in [1.54, 1.807) is 13.3 Å². The van der Waals surface area contributed by atoms with Gasteiger partial charge >= 0.3 is 0 Å². The number of methoxy groups -OCH3 is 1. The van der Waals surface area contributed by atoms with Crippen molar-refractivity contribution in [3.8, 4) is 5.75 Å². The van der Waals surface area contributed by atoms with Crippen LogP contribution in [0.3, 0.4) is 0 Å². The third kappa shape index (κ3) is 5.99. The molecule has 5 nitrogen and oxygen atoms in total. The zero-order valence-electron chi connectivity index (χ0n) is 11.8. The van der Waals surface area contributed by atoms with Crippen LogP contribution < -0.4 is 15.8 Å². The molecule has 0 aliphatic carbocycles. The molecule has 0 aliphatic rings. The fraction of sp³-hybridized carbons (Fsp3) is 0.200. The summed E-state index contributed by atoms with van der Waals surface area (Å²) >= 11 is 0. The average Bonchev–Trinajstić information content (AvgIpc) is 2.48. The third-order valence-corrected chi connectivity index (χ3v) is 2.72. The third-order valence-electron chi connectivity index (χ3n) is 2.72. The Bertz CT molecular complexity index is 575. The Kier molecular flexibility index (Phi) is 7.52. The van der Waals surface area contributed by atoms with Crippen molar-refractivity contribution in [2.24, 2.45) is 10.7 Å². The number of guanidine groups is 1. The largest absolute Gasteiger partial charge is 0.497 e. The summed E-state index contributed by atoms with van der Waals surface area (Å²) in [6.07, 6.45) is 2.54. The van der Waals surface area contributed by atoms with E-state index in [0.717, 1.165) is 23.6 Å². The Hall–Kier alpha value is -1.83. The maximum absolute atomic E-state index is 5.84. The summed E-state index contributed by atoms with van der Waals surface area (Å²) in [5, 5.41) is 3.03. The molecule has 0 atom stereocenters. The fourth-order valence-corrected chi connectivity index (χ4v) is 1.73. The summed E-state index contributed by atoms with van der Waals surface area (Å²) in [5.41, 5.74) is 7.69. The van der Waals surface area contributed by atoms with Gasteiger partial charge in [-0.25, -0.2) is 0 Å². The van der Waals surface area contributed by atoms with E-state index in [-0.39, 0.29) is 24.0 Å². The number of rotatable bonds is 5. The number of halogens is 1. The zero-order chi connectivity index (χ0) is 14.2. The van der Waals surface area contributed by atoms with Gasteiger partial charge in [0.2, 0.25) is 0 Å². The highest BCUT2D eigenvalue weighted by Gasteiger charge is 1.97. The number of ether oxygens (including phenoxy) is 1. The lowest BCUT2D eigenvalue weighted by molar-refractivity contribution is 0.415. The molecular weight excluding hydrogens is 379 g/mol. The van der Waals surface area contributed by atoms with Crippen molar-refractivity contribution < 1.29 is 4.74 Å². The van der Waals surface area contributed by atoms with Gasteiger partial charge in [-0.3, -0.25) is 9.98 Å². The number of nitrogens with one attached hydrogen (secondary N) is 1. The van der Waals surface area contributed by atoms with Gasteiger partial charge in [0.25, 0.3) is 0 Å². The van der Waals surface area contributed by atoms with Crippen molar-refractivity contribution in [3.05, 3.63) is 54.4 Å². The number of aliphatic imine (C=N–C) groups is 1. The molecule has 1 aromatic carbocycles. The van der Waals surface area contributed by atoms with Crippen molar-refractivity contribution in [3.63, 3.8) is 0 Å². The Labute approximate surface area is 141 Å². The van der Waals surface area contributed by atoms with Gasteiger partial charge in [0.1, 0.15) is 5.75 Å². The second-order valence-electron chi connectivity index (χ2n) is 4.19. The molecule has 21 heavy (non-hydrogen) atoms. The van der Waals surface area contributed by atoms with Crippen LogP contribution in [-0.4, -0.2) is 24.6 Å². The molecule has 0 amide bonds. The number of benzene rings is 1. The van der Waals surface area contributed by atoms with E-state index in [4.69, 9.17) is 10.5 Å². The lowest BCUT2D eigenvalue weighted by Crippen LogP contribution is -2.23. The highest BCUT2D eigenvalue weighted by atomic mass is 127. The van der Waals surface area contributed by atoms with Crippen LogP contribution in [0.15, 0.2) is 53.7 Å². The van der Waals surface area contributed by atoms with Gasteiger partial charge in [0, 0.05) is 36.6 Å². The summed E-state index contributed by atoms with van der Waals surface area (Å²) in [5.74, 6) is 1.16. The van der Waals surface area contributed by atoms with Crippen molar-refractivity contribution in [1.29, 1.82) is 0 Å². The molecule has 2 aromatic rings. The summed E-state index contributed by atoms with van der Waals surface area (Å²) in [6.45, 7) is 0.597. The lowest BCUT2D eigenvalue weighted by atomic mass is 10.3. The molecule has 0 saturated heterocycles. The first-order chi connectivity index (χ1) is 9.78. The number of pyridine rings is 1. The predicted molar refractivity (Wildman–Crippen MR) is 96.5 cm³/mol. The highest BCUT2D eigenvalue weighted by Crippen LogP contribution is 2.16. The Morgan fingerprint density at radius 3 is 2.86 bits per heavy atom. The maximum Gasteiger partial charge on any atom is 0.193 e. The van der Waals surface area contributed by atoms with E-state index in [9.17, 15) is 0 Å². The van der Waals surface area contributed by atoms with Gasteiger partial charge in [0.15, 0.2) is 5.96 Å². The molecule has 1 aromatic heterocycles. The Morgan fingerprint density at radius 2 is 2.14 bits per heavy atom. The van der Waals surface area contributed by atoms with Crippen LogP contribution in [0, 0.1) is 0 Å². The topological polar surface area (TPSA) is 72.5 Å². The van der Waals surface area contributed by atoms with E-state index in [0.29, 0.717) is 12.5 Å². The molecule has 0 bridgehead atoms. The second kappa shape index (κ2) is 9.17. The summed E-state index contributed by atoms with van der Waals surface area (Å²) in [6, 6.07) is 13.4. The van der Waals surface area contributed by atoms with Crippen molar-refractivity contribution in [2.75, 3.05) is 19.0 Å². The molecule has 2 rings (SSSR count). The minimum Gasteiger partial charge on any atom is -0.497 e. The minimum atomic E-state index is 0. The summed E-state index contributed by atoms with van der Waals surface area (Å²) < 4.78 is 5.15. The number of nitrogens with two attached hydrogens (primary N) is 1. The SMILES string of the molecule is COc1cccc(NC(N)=NCCc2ccccn2)c1.I. The molecule has 0 unspecified atom stereocenters. The standard InChI is InChI=1S/C15H18N4O.HI/c1-20-14-7-4-6-13(11-14)19-15(16)18-10-8-12-5-2-3-9-17-12;/h2-7,9,11H,8,10H2,1H3,(H3,16,18,19);1H. The van der Waals surface area contributed by atoms with Crippen molar-refractivity contribution in [2.45, 2.75) is 6.42 Å². The molecular formula is C15H19IN4O. The van der Waals surface area contributed by atoms with Crippen LogP contribution in [0.1, 0.15) is 5.69 Å². The van der Waals surface area contributed by atoms with Crippen LogP contribution in [0.4, 0.5) is 5.69 Å². The van der Waals surface area contributed by atoms with Gasteiger partial charge in [-0.05, 0) is 24.3 Å². The van der Waals surface area contributed by atoms with E-state index in [2.05, 4.69) is 15.3 Å². The van der Waals surface area contributed by atoms with Crippen LogP contribution in [-0.2, 0) is 6.42 Å². The first kappa shape index (κ1) is 17.2. The van der Waals surface area contributed by atoms with E-state index < -0.39 is 0 Å². The predicted octanol–water partition coefficient (Wildman–Crippen LogP) is 2.68. The zero-order valence-corrected chi connectivity index (χ0v) is 14.2. The number of hydrogen-bond donors (Lipinski definition) is 2. The average molecular weight is 398 g/mol. The molecule has 112 valence electrons. The number of aromatic nitrogens is 1. The molecule has 1 heterocycles. The van der Waals surface area contributed by atoms with Crippen molar-refractivity contribution >= 4 is 35.6 Å². The monoisotopic (exact) mass is 398 g/mol. The molecule has 3 N–H and O–H groups in total. The molecule has 0 fully saturated rings. The van der Waals surface area contributed by atoms with Gasteiger partial charge in [0.05, 0.1) is 7.11 Å². The van der Waals surface area contributed by atoms with Crippen LogP contribution in [0.25, 0.3) is 0 Å². The van der Waals surface area contributed by atoms with Crippen LogP contribution >= 0.6 is 24.0 Å². The summed E-state index contributed by atoms with van der Waals surface area (Å²) in [4.78, 5) is 8.51. The maximum atomic E-state index is 5.84. The van der Waals surface area contributed by atoms with Gasteiger partial charge < -0.3 is 15.8 Å². The molecule has 0 aliphatic heterocycles. The minimum absolute atomic E-state index is 0. The Morgan fingerprint density at radius 1 is 1.29 bits per heavy atom.